The van der Waals surface area contributed by atoms with Crippen molar-refractivity contribution in [3.05, 3.63) is 64.7 Å². The van der Waals surface area contributed by atoms with Gasteiger partial charge < -0.3 is 10.1 Å². The Kier molecular flexibility index (Phi) is 5.92. The molecule has 4 heteroatoms. The van der Waals surface area contributed by atoms with Crippen molar-refractivity contribution in [3.63, 3.8) is 0 Å². The van der Waals surface area contributed by atoms with Gasteiger partial charge in [0.05, 0.1) is 12.2 Å². The average molecular weight is 448 g/mol. The maximum Gasteiger partial charge on any atom is 0.338 e. The molecule has 0 aliphatic heterocycles. The van der Waals surface area contributed by atoms with Crippen LogP contribution in [0.5, 0.6) is 0 Å². The number of carbonyl (C=O) groups excluding carboxylic acids is 2. The molecule has 0 bridgehead atoms. The molecule has 176 valence electrons. The fourth-order valence-corrected chi connectivity index (χ4v) is 4.96. The van der Waals surface area contributed by atoms with E-state index in [1.807, 2.05) is 36.4 Å². The number of nitrogens with one attached hydrogen (secondary N) is 1. The molecule has 2 aliphatic rings. The van der Waals surface area contributed by atoms with E-state index in [-0.39, 0.29) is 34.0 Å². The normalized spacial score (nSPS) is 21.6. The highest BCUT2D eigenvalue weighted by atomic mass is 16.5. The maximum absolute atomic E-state index is 12.7. The van der Waals surface area contributed by atoms with Gasteiger partial charge in [0, 0.05) is 18.0 Å². The molecule has 0 saturated heterocycles. The minimum atomic E-state index is -0.270. The van der Waals surface area contributed by atoms with Crippen molar-refractivity contribution in [2.24, 2.45) is 11.3 Å². The number of carbonyl (C=O) groups is 2. The number of fused-ring (bicyclic) bond motifs is 1. The highest BCUT2D eigenvalue weighted by Crippen LogP contribution is 2.52. The van der Waals surface area contributed by atoms with Gasteiger partial charge in [0.15, 0.2) is 0 Å². The minimum Gasteiger partial charge on any atom is -0.462 e. The number of rotatable bonds is 6. The van der Waals surface area contributed by atoms with Crippen LogP contribution in [0, 0.1) is 11.3 Å². The summed E-state index contributed by atoms with van der Waals surface area (Å²) >= 11 is 0. The van der Waals surface area contributed by atoms with E-state index in [9.17, 15) is 9.59 Å². The van der Waals surface area contributed by atoms with E-state index in [1.165, 1.54) is 11.1 Å². The summed E-state index contributed by atoms with van der Waals surface area (Å²) in [6.07, 6.45) is 3.85. The van der Waals surface area contributed by atoms with Crippen LogP contribution in [0.3, 0.4) is 0 Å². The molecule has 1 N–H and O–H groups in total. The van der Waals surface area contributed by atoms with Crippen LogP contribution in [0.2, 0.25) is 0 Å². The second-order valence-corrected chi connectivity index (χ2v) is 11.8. The van der Waals surface area contributed by atoms with Crippen molar-refractivity contribution in [2.45, 2.75) is 78.1 Å². The number of amides is 1. The molecule has 1 fully saturated rings. The van der Waals surface area contributed by atoms with Crippen molar-refractivity contribution in [1.29, 1.82) is 0 Å². The molecule has 2 aromatic carbocycles. The zero-order valence-corrected chi connectivity index (χ0v) is 20.9. The van der Waals surface area contributed by atoms with Crippen LogP contribution in [-0.2, 0) is 26.8 Å². The van der Waals surface area contributed by atoms with Crippen molar-refractivity contribution in [2.75, 3.05) is 11.9 Å². The Morgan fingerprint density at radius 1 is 0.909 bits per heavy atom. The molecule has 33 heavy (non-hydrogen) atoms. The van der Waals surface area contributed by atoms with Crippen molar-refractivity contribution in [1.82, 2.24) is 0 Å². The molecule has 4 rings (SSSR count). The lowest BCUT2D eigenvalue weighted by Gasteiger charge is -2.41. The molecule has 0 spiro atoms. The third-order valence-corrected chi connectivity index (χ3v) is 7.76. The quantitative estimate of drug-likeness (QED) is 0.520. The van der Waals surface area contributed by atoms with Gasteiger partial charge in [-0.1, -0.05) is 59.7 Å². The fourth-order valence-electron chi connectivity index (χ4n) is 4.96. The van der Waals surface area contributed by atoms with E-state index in [0.717, 1.165) is 30.5 Å². The summed E-state index contributed by atoms with van der Waals surface area (Å²) in [5, 5.41) is 3.00. The zero-order chi connectivity index (χ0) is 24.0. The topological polar surface area (TPSA) is 55.4 Å². The molecule has 4 nitrogen and oxygen atoms in total. The molecule has 2 aliphatic carbocycles. The van der Waals surface area contributed by atoms with Gasteiger partial charge in [-0.15, -0.1) is 0 Å². The van der Waals surface area contributed by atoms with Crippen LogP contribution < -0.4 is 5.32 Å². The first-order valence-electron chi connectivity index (χ1n) is 12.1. The number of hydrogen-bond donors (Lipinski definition) is 1. The van der Waals surface area contributed by atoms with Crippen molar-refractivity contribution >= 4 is 17.6 Å². The summed E-state index contributed by atoms with van der Waals surface area (Å²) < 4.78 is 5.59. The predicted octanol–water partition coefficient (Wildman–Crippen LogP) is 6.42. The molecular weight excluding hydrogens is 410 g/mol. The van der Waals surface area contributed by atoms with Gasteiger partial charge in [-0.05, 0) is 76.5 Å². The summed E-state index contributed by atoms with van der Waals surface area (Å²) in [5.41, 5.74) is 5.43. The molecule has 1 atom stereocenters. The smallest absolute Gasteiger partial charge is 0.338 e. The van der Waals surface area contributed by atoms with E-state index in [2.05, 4.69) is 52.9 Å². The van der Waals surface area contributed by atoms with Gasteiger partial charge >= 0.3 is 5.97 Å². The van der Waals surface area contributed by atoms with E-state index in [4.69, 9.17) is 4.74 Å². The minimum absolute atomic E-state index is 0.0631. The SMILES string of the molecule is CC1(C)CCC(C)(C)c2cc(C(=O)OCCc3ccc(NC(=O)C4CC4(C)C)cc3)ccc21. The first-order chi connectivity index (χ1) is 15.4. The first kappa shape index (κ1) is 23.5. The highest BCUT2D eigenvalue weighted by molar-refractivity contribution is 5.95. The van der Waals surface area contributed by atoms with E-state index >= 15 is 0 Å². The number of esters is 1. The van der Waals surface area contributed by atoms with Gasteiger partial charge in [0.1, 0.15) is 0 Å². The second kappa shape index (κ2) is 8.30. The molecule has 1 saturated carbocycles. The van der Waals surface area contributed by atoms with Gasteiger partial charge in [-0.25, -0.2) is 4.79 Å². The number of hydrogen-bond acceptors (Lipinski definition) is 3. The van der Waals surface area contributed by atoms with Crippen LogP contribution in [0.4, 0.5) is 5.69 Å². The van der Waals surface area contributed by atoms with Crippen LogP contribution in [0.1, 0.15) is 87.9 Å². The lowest BCUT2D eigenvalue weighted by molar-refractivity contribution is -0.118. The molecule has 0 heterocycles. The number of anilines is 1. The molecular formula is C29H37NO3. The number of benzene rings is 2. The average Bonchev–Trinajstić information content (AvgIpc) is 3.41. The Morgan fingerprint density at radius 3 is 2.12 bits per heavy atom. The maximum atomic E-state index is 12.7. The number of ether oxygens (including phenoxy) is 1. The summed E-state index contributed by atoms with van der Waals surface area (Å²) in [7, 11) is 0. The third-order valence-electron chi connectivity index (χ3n) is 7.76. The Labute approximate surface area is 198 Å². The highest BCUT2D eigenvalue weighted by Gasteiger charge is 2.50. The molecule has 1 unspecified atom stereocenters. The van der Waals surface area contributed by atoms with Gasteiger partial charge in [0.2, 0.25) is 5.91 Å². The van der Waals surface area contributed by atoms with Crippen molar-refractivity contribution in [3.8, 4) is 0 Å². The summed E-state index contributed by atoms with van der Waals surface area (Å²) in [5.74, 6) is -0.0666. The Hall–Kier alpha value is -2.62. The van der Waals surface area contributed by atoms with Gasteiger partial charge in [-0.3, -0.25) is 4.79 Å². The summed E-state index contributed by atoms with van der Waals surface area (Å²) in [4.78, 5) is 25.0. The second-order valence-electron chi connectivity index (χ2n) is 11.8. The standard InChI is InChI=1S/C29H37NO3/c1-27(2)14-15-28(3,4)23-17-20(9-12-22(23)27)26(32)33-16-13-19-7-10-21(11-8-19)30-25(31)24-18-29(24,5)6/h7-12,17,24H,13-16,18H2,1-6H3,(H,30,31). The zero-order valence-electron chi connectivity index (χ0n) is 20.9. The van der Waals surface area contributed by atoms with Gasteiger partial charge in [-0.2, -0.15) is 0 Å². The Bertz CT molecular complexity index is 1060. The fraction of sp³-hybridized carbons (Fsp3) is 0.517. The lowest BCUT2D eigenvalue weighted by Crippen LogP contribution is -2.34. The monoisotopic (exact) mass is 447 g/mol. The molecule has 0 aromatic heterocycles. The lowest BCUT2D eigenvalue weighted by atomic mass is 9.63. The molecule has 1 amide bonds. The van der Waals surface area contributed by atoms with E-state index < -0.39 is 0 Å². The third kappa shape index (κ3) is 5.00. The summed E-state index contributed by atoms with van der Waals surface area (Å²) in [6, 6.07) is 13.8. The van der Waals surface area contributed by atoms with Crippen LogP contribution in [0.15, 0.2) is 42.5 Å². The van der Waals surface area contributed by atoms with Crippen LogP contribution >= 0.6 is 0 Å². The van der Waals surface area contributed by atoms with E-state index in [0.29, 0.717) is 18.6 Å². The molecule has 0 radical (unpaired) electrons. The van der Waals surface area contributed by atoms with Crippen molar-refractivity contribution < 1.29 is 14.3 Å². The molecule has 2 aromatic rings. The Balaban J connectivity index is 1.32. The summed E-state index contributed by atoms with van der Waals surface area (Å²) in [6.45, 7) is 13.6. The predicted molar refractivity (Wildman–Crippen MR) is 133 cm³/mol. The van der Waals surface area contributed by atoms with Crippen LogP contribution in [0.25, 0.3) is 0 Å². The van der Waals surface area contributed by atoms with E-state index in [1.54, 1.807) is 0 Å². The Morgan fingerprint density at radius 2 is 1.52 bits per heavy atom. The van der Waals surface area contributed by atoms with Gasteiger partial charge in [0.25, 0.3) is 0 Å². The largest absolute Gasteiger partial charge is 0.462 e. The van der Waals surface area contributed by atoms with Crippen LogP contribution in [-0.4, -0.2) is 18.5 Å². The first-order valence-corrected chi connectivity index (χ1v) is 12.1.